The first-order valence-corrected chi connectivity index (χ1v) is 5.98. The highest BCUT2D eigenvalue weighted by molar-refractivity contribution is 5.85. The molecular formula is C11H19N3O3. The second-order valence-corrected chi connectivity index (χ2v) is 4.96. The van der Waals surface area contributed by atoms with Gasteiger partial charge in [-0.25, -0.2) is 0 Å². The summed E-state index contributed by atoms with van der Waals surface area (Å²) in [4.78, 5) is 22.7. The van der Waals surface area contributed by atoms with Crippen molar-refractivity contribution >= 4 is 11.8 Å². The van der Waals surface area contributed by atoms with Crippen LogP contribution < -0.4 is 16.0 Å². The van der Waals surface area contributed by atoms with Crippen molar-refractivity contribution in [3.63, 3.8) is 0 Å². The van der Waals surface area contributed by atoms with Gasteiger partial charge in [0.25, 0.3) is 0 Å². The molecule has 3 N–H and O–H groups in total. The fraction of sp³-hybridized carbons (Fsp3) is 0.818. The highest BCUT2D eigenvalue weighted by Crippen LogP contribution is 2.18. The van der Waals surface area contributed by atoms with Crippen LogP contribution in [-0.2, 0) is 14.3 Å². The molecule has 0 atom stereocenters. The van der Waals surface area contributed by atoms with Crippen LogP contribution in [0.2, 0.25) is 0 Å². The van der Waals surface area contributed by atoms with Crippen molar-refractivity contribution in [2.24, 2.45) is 0 Å². The van der Waals surface area contributed by atoms with Gasteiger partial charge in [-0.15, -0.1) is 0 Å². The average Bonchev–Trinajstić information content (AvgIpc) is 3.04. The largest absolute Gasteiger partial charge is 0.363 e. The van der Waals surface area contributed by atoms with Crippen LogP contribution >= 0.6 is 0 Å². The Morgan fingerprint density at radius 1 is 1.35 bits per heavy atom. The quantitative estimate of drug-likeness (QED) is 0.543. The lowest BCUT2D eigenvalue weighted by atomic mass is 10.0. The third-order valence-corrected chi connectivity index (χ3v) is 2.94. The number of hydrogen-bond acceptors (Lipinski definition) is 4. The first-order valence-electron chi connectivity index (χ1n) is 5.98. The van der Waals surface area contributed by atoms with Crippen LogP contribution in [0.1, 0.15) is 19.8 Å². The number of carbonyl (C=O) groups excluding carboxylic acids is 2. The van der Waals surface area contributed by atoms with Gasteiger partial charge in [-0.3, -0.25) is 9.59 Å². The molecule has 1 heterocycles. The third-order valence-electron chi connectivity index (χ3n) is 2.94. The molecule has 1 saturated carbocycles. The molecule has 6 nitrogen and oxygen atoms in total. The zero-order valence-corrected chi connectivity index (χ0v) is 10.0. The van der Waals surface area contributed by atoms with E-state index in [2.05, 4.69) is 16.0 Å². The summed E-state index contributed by atoms with van der Waals surface area (Å²) >= 11 is 0. The van der Waals surface area contributed by atoms with Crippen molar-refractivity contribution in [1.82, 2.24) is 16.0 Å². The standard InChI is InChI=1S/C11H19N3O3/c1-11(6-12-7-11)17-5-10(16)13-4-9(15)14-8-2-3-8/h8,12H,2-7H2,1H3,(H,13,16)(H,14,15). The van der Waals surface area contributed by atoms with Crippen LogP contribution in [0, 0.1) is 0 Å². The molecule has 1 aliphatic heterocycles. The Hall–Kier alpha value is -1.14. The molecule has 2 aliphatic rings. The summed E-state index contributed by atoms with van der Waals surface area (Å²) in [5.74, 6) is -0.374. The smallest absolute Gasteiger partial charge is 0.246 e. The van der Waals surface area contributed by atoms with Crippen molar-refractivity contribution in [2.45, 2.75) is 31.4 Å². The zero-order valence-electron chi connectivity index (χ0n) is 10.0. The predicted octanol–water partition coefficient (Wildman–Crippen LogP) is -1.24. The number of rotatable bonds is 6. The van der Waals surface area contributed by atoms with Gasteiger partial charge >= 0.3 is 0 Å². The van der Waals surface area contributed by atoms with Crippen molar-refractivity contribution in [3.8, 4) is 0 Å². The van der Waals surface area contributed by atoms with Crippen LogP contribution in [0.3, 0.4) is 0 Å². The Labute approximate surface area is 100 Å². The van der Waals surface area contributed by atoms with Crippen molar-refractivity contribution in [1.29, 1.82) is 0 Å². The Balaban J connectivity index is 1.55. The molecule has 0 spiro atoms. The molecule has 2 rings (SSSR count). The van der Waals surface area contributed by atoms with Crippen LogP contribution in [0.5, 0.6) is 0 Å². The zero-order chi connectivity index (χ0) is 12.3. The summed E-state index contributed by atoms with van der Waals surface area (Å²) in [7, 11) is 0. The van der Waals surface area contributed by atoms with Gasteiger partial charge in [0, 0.05) is 19.1 Å². The molecule has 1 saturated heterocycles. The van der Waals surface area contributed by atoms with Gasteiger partial charge in [0.15, 0.2) is 0 Å². The van der Waals surface area contributed by atoms with Crippen LogP contribution in [0.15, 0.2) is 0 Å². The van der Waals surface area contributed by atoms with Gasteiger partial charge < -0.3 is 20.7 Å². The molecule has 6 heteroatoms. The molecule has 0 aromatic heterocycles. The second-order valence-electron chi connectivity index (χ2n) is 4.96. The van der Waals surface area contributed by atoms with E-state index in [1.165, 1.54) is 0 Å². The maximum Gasteiger partial charge on any atom is 0.246 e. The Bertz CT molecular complexity index is 311. The second kappa shape index (κ2) is 5.01. The summed E-state index contributed by atoms with van der Waals surface area (Å²) in [5, 5.41) is 8.42. The number of ether oxygens (including phenoxy) is 1. The van der Waals surface area contributed by atoms with Crippen LogP contribution in [-0.4, -0.2) is 49.7 Å². The number of carbonyl (C=O) groups is 2. The van der Waals surface area contributed by atoms with Gasteiger partial charge in [0.1, 0.15) is 6.61 Å². The van der Waals surface area contributed by atoms with Crippen molar-refractivity contribution in [2.75, 3.05) is 26.2 Å². The lowest BCUT2D eigenvalue weighted by Gasteiger charge is -2.38. The molecule has 0 unspecified atom stereocenters. The van der Waals surface area contributed by atoms with E-state index in [-0.39, 0.29) is 30.6 Å². The van der Waals surface area contributed by atoms with Gasteiger partial charge in [-0.2, -0.15) is 0 Å². The van der Waals surface area contributed by atoms with E-state index in [1.807, 2.05) is 6.92 Å². The summed E-state index contributed by atoms with van der Waals surface area (Å²) < 4.78 is 5.45. The van der Waals surface area contributed by atoms with Gasteiger partial charge in [0.2, 0.25) is 11.8 Å². The molecule has 17 heavy (non-hydrogen) atoms. The third kappa shape index (κ3) is 3.98. The minimum absolute atomic E-state index is 0.00882. The van der Waals surface area contributed by atoms with E-state index in [1.54, 1.807) is 0 Å². The average molecular weight is 241 g/mol. The van der Waals surface area contributed by atoms with Crippen molar-refractivity contribution < 1.29 is 14.3 Å². The molecule has 0 aromatic carbocycles. The van der Waals surface area contributed by atoms with E-state index >= 15 is 0 Å². The number of amides is 2. The van der Waals surface area contributed by atoms with Crippen molar-refractivity contribution in [3.05, 3.63) is 0 Å². The topological polar surface area (TPSA) is 79.5 Å². The molecule has 96 valence electrons. The summed E-state index contributed by atoms with van der Waals surface area (Å²) in [6.45, 7) is 3.53. The predicted molar refractivity (Wildman–Crippen MR) is 61.4 cm³/mol. The van der Waals surface area contributed by atoms with E-state index in [4.69, 9.17) is 4.74 Å². The monoisotopic (exact) mass is 241 g/mol. The molecule has 2 fully saturated rings. The normalized spacial score (nSPS) is 21.5. The highest BCUT2D eigenvalue weighted by atomic mass is 16.5. The molecule has 0 radical (unpaired) electrons. The molecule has 0 aromatic rings. The SMILES string of the molecule is CC1(OCC(=O)NCC(=O)NC2CC2)CNC1. The van der Waals surface area contributed by atoms with Gasteiger partial charge in [-0.05, 0) is 19.8 Å². The van der Waals surface area contributed by atoms with Gasteiger partial charge in [0.05, 0.1) is 12.1 Å². The Kier molecular flexibility index (Phi) is 3.63. The molecular weight excluding hydrogens is 222 g/mol. The molecule has 0 bridgehead atoms. The molecule has 2 amide bonds. The fourth-order valence-electron chi connectivity index (χ4n) is 1.56. The summed E-state index contributed by atoms with van der Waals surface area (Å²) in [6, 6.07) is 0.329. The maximum absolute atomic E-state index is 11.4. The van der Waals surface area contributed by atoms with E-state index < -0.39 is 0 Å². The summed E-state index contributed by atoms with van der Waals surface area (Å²) in [5.41, 5.74) is -0.229. The minimum Gasteiger partial charge on any atom is -0.363 e. The first kappa shape index (κ1) is 12.3. The first-order chi connectivity index (χ1) is 8.07. The van der Waals surface area contributed by atoms with E-state index in [0.29, 0.717) is 6.04 Å². The minimum atomic E-state index is -0.246. The fourth-order valence-corrected chi connectivity index (χ4v) is 1.56. The number of nitrogens with one attached hydrogen (secondary N) is 3. The van der Waals surface area contributed by atoms with E-state index in [0.717, 1.165) is 25.9 Å². The van der Waals surface area contributed by atoms with Crippen LogP contribution in [0.25, 0.3) is 0 Å². The Morgan fingerprint density at radius 3 is 2.59 bits per heavy atom. The highest BCUT2D eigenvalue weighted by Gasteiger charge is 2.33. The van der Waals surface area contributed by atoms with Gasteiger partial charge in [-0.1, -0.05) is 0 Å². The lowest BCUT2D eigenvalue weighted by molar-refractivity contribution is -0.137. The van der Waals surface area contributed by atoms with Crippen LogP contribution in [0.4, 0.5) is 0 Å². The number of hydrogen-bond donors (Lipinski definition) is 3. The van der Waals surface area contributed by atoms with E-state index in [9.17, 15) is 9.59 Å². The lowest BCUT2D eigenvalue weighted by Crippen LogP contribution is -2.59. The Morgan fingerprint density at radius 2 is 2.06 bits per heavy atom. The molecule has 1 aliphatic carbocycles. The summed E-state index contributed by atoms with van der Waals surface area (Å²) in [6.07, 6.45) is 2.10. The maximum atomic E-state index is 11.4.